The zero-order chi connectivity index (χ0) is 14.4. The molecule has 0 saturated carbocycles. The van der Waals surface area contributed by atoms with Gasteiger partial charge in [-0.3, -0.25) is 4.79 Å². The van der Waals surface area contributed by atoms with Crippen molar-refractivity contribution in [1.29, 1.82) is 0 Å². The first kappa shape index (κ1) is 15.8. The van der Waals surface area contributed by atoms with E-state index in [1.807, 2.05) is 20.8 Å². The second-order valence-electron chi connectivity index (χ2n) is 5.28. The molecule has 0 aromatic carbocycles. The normalized spacial score (nSPS) is 19.6. The van der Waals surface area contributed by atoms with Gasteiger partial charge in [-0.1, -0.05) is 20.8 Å². The molecule has 1 aliphatic rings. The Morgan fingerprint density at radius 1 is 1.47 bits per heavy atom. The minimum absolute atomic E-state index is 0.0460. The SMILES string of the molecule is CCC1COCCN1C(=O)N(CC(=O)O)CC(C)C. The van der Waals surface area contributed by atoms with E-state index in [0.29, 0.717) is 26.3 Å². The molecule has 6 heteroatoms. The summed E-state index contributed by atoms with van der Waals surface area (Å²) >= 11 is 0. The maximum atomic E-state index is 12.5. The first-order chi connectivity index (χ1) is 8.95. The van der Waals surface area contributed by atoms with Crippen LogP contribution in [0, 0.1) is 5.92 Å². The van der Waals surface area contributed by atoms with Gasteiger partial charge in [-0.25, -0.2) is 4.79 Å². The molecule has 0 aromatic heterocycles. The summed E-state index contributed by atoms with van der Waals surface area (Å²) in [7, 11) is 0. The monoisotopic (exact) mass is 272 g/mol. The molecule has 0 aliphatic carbocycles. The maximum absolute atomic E-state index is 12.5. The highest BCUT2D eigenvalue weighted by Crippen LogP contribution is 2.14. The van der Waals surface area contributed by atoms with Crippen LogP contribution in [0.15, 0.2) is 0 Å². The van der Waals surface area contributed by atoms with Crippen LogP contribution in [0.5, 0.6) is 0 Å². The number of aliphatic carboxylic acids is 1. The van der Waals surface area contributed by atoms with Crippen molar-refractivity contribution in [3.8, 4) is 0 Å². The average molecular weight is 272 g/mol. The third kappa shape index (κ3) is 4.70. The number of rotatable bonds is 5. The van der Waals surface area contributed by atoms with Crippen molar-refractivity contribution in [2.24, 2.45) is 5.92 Å². The van der Waals surface area contributed by atoms with Crippen LogP contribution in [-0.4, -0.2) is 65.8 Å². The van der Waals surface area contributed by atoms with Crippen LogP contribution in [0.1, 0.15) is 27.2 Å². The molecule has 19 heavy (non-hydrogen) atoms. The Bertz CT molecular complexity index is 320. The van der Waals surface area contributed by atoms with Crippen molar-refractivity contribution >= 4 is 12.0 Å². The van der Waals surface area contributed by atoms with Gasteiger partial charge in [0.2, 0.25) is 0 Å². The van der Waals surface area contributed by atoms with Crippen molar-refractivity contribution in [2.75, 3.05) is 32.8 Å². The van der Waals surface area contributed by atoms with E-state index in [0.717, 1.165) is 6.42 Å². The van der Waals surface area contributed by atoms with Gasteiger partial charge in [-0.05, 0) is 12.3 Å². The summed E-state index contributed by atoms with van der Waals surface area (Å²) in [6.45, 7) is 7.74. The van der Waals surface area contributed by atoms with Gasteiger partial charge < -0.3 is 19.6 Å². The van der Waals surface area contributed by atoms with E-state index in [-0.39, 0.29) is 24.5 Å². The molecule has 0 bridgehead atoms. The molecule has 1 rings (SSSR count). The third-order valence-electron chi connectivity index (χ3n) is 3.13. The minimum Gasteiger partial charge on any atom is -0.480 e. The van der Waals surface area contributed by atoms with Gasteiger partial charge in [0.15, 0.2) is 0 Å². The summed E-state index contributed by atoms with van der Waals surface area (Å²) < 4.78 is 5.37. The predicted molar refractivity (Wildman–Crippen MR) is 71.0 cm³/mol. The molecule has 1 fully saturated rings. The van der Waals surface area contributed by atoms with Crippen molar-refractivity contribution in [3.63, 3.8) is 0 Å². The fourth-order valence-corrected chi connectivity index (χ4v) is 2.24. The van der Waals surface area contributed by atoms with Crippen LogP contribution in [0.25, 0.3) is 0 Å². The van der Waals surface area contributed by atoms with Gasteiger partial charge >= 0.3 is 12.0 Å². The van der Waals surface area contributed by atoms with Gasteiger partial charge in [0.25, 0.3) is 0 Å². The molecule has 1 aliphatic heterocycles. The van der Waals surface area contributed by atoms with Gasteiger partial charge in [-0.2, -0.15) is 0 Å². The number of hydrogen-bond donors (Lipinski definition) is 1. The van der Waals surface area contributed by atoms with Crippen LogP contribution in [0.3, 0.4) is 0 Å². The molecule has 0 aromatic rings. The highest BCUT2D eigenvalue weighted by molar-refractivity contribution is 5.80. The Morgan fingerprint density at radius 3 is 2.68 bits per heavy atom. The number of urea groups is 1. The summed E-state index contributed by atoms with van der Waals surface area (Å²) in [5.41, 5.74) is 0. The summed E-state index contributed by atoms with van der Waals surface area (Å²) in [5, 5.41) is 8.93. The zero-order valence-corrected chi connectivity index (χ0v) is 12.0. The van der Waals surface area contributed by atoms with E-state index in [1.165, 1.54) is 4.90 Å². The zero-order valence-electron chi connectivity index (χ0n) is 12.0. The fraction of sp³-hybridized carbons (Fsp3) is 0.846. The minimum atomic E-state index is -0.977. The standard InChI is InChI=1S/C13H24N2O4/c1-4-11-9-19-6-5-15(11)13(18)14(7-10(2)3)8-12(16)17/h10-11H,4-9H2,1-3H3,(H,16,17). The number of carbonyl (C=O) groups is 2. The van der Waals surface area contributed by atoms with Crippen LogP contribution in [-0.2, 0) is 9.53 Å². The second-order valence-corrected chi connectivity index (χ2v) is 5.28. The topological polar surface area (TPSA) is 70.1 Å². The quantitative estimate of drug-likeness (QED) is 0.818. The predicted octanol–water partition coefficient (Wildman–Crippen LogP) is 1.26. The Kier molecular flexibility index (Phi) is 6.08. The molecule has 1 atom stereocenters. The molecule has 1 heterocycles. The Labute approximate surface area is 114 Å². The Morgan fingerprint density at radius 2 is 2.16 bits per heavy atom. The maximum Gasteiger partial charge on any atom is 0.323 e. The molecule has 0 radical (unpaired) electrons. The van der Waals surface area contributed by atoms with Crippen molar-refractivity contribution in [1.82, 2.24) is 9.80 Å². The average Bonchev–Trinajstić information content (AvgIpc) is 2.36. The van der Waals surface area contributed by atoms with E-state index in [1.54, 1.807) is 4.90 Å². The lowest BCUT2D eigenvalue weighted by Gasteiger charge is -2.38. The molecular formula is C13H24N2O4. The van der Waals surface area contributed by atoms with Crippen LogP contribution in [0.4, 0.5) is 4.79 Å². The summed E-state index contributed by atoms with van der Waals surface area (Å²) in [6, 6.07) is -0.143. The summed E-state index contributed by atoms with van der Waals surface area (Å²) in [5.74, 6) is -0.736. The van der Waals surface area contributed by atoms with E-state index in [2.05, 4.69) is 0 Å². The summed E-state index contributed by atoms with van der Waals surface area (Å²) in [6.07, 6.45) is 0.814. The largest absolute Gasteiger partial charge is 0.480 e. The lowest BCUT2D eigenvalue weighted by molar-refractivity contribution is -0.138. The van der Waals surface area contributed by atoms with E-state index >= 15 is 0 Å². The number of nitrogens with zero attached hydrogens (tertiary/aromatic N) is 2. The molecule has 0 spiro atoms. The highest BCUT2D eigenvalue weighted by Gasteiger charge is 2.30. The lowest BCUT2D eigenvalue weighted by Crippen LogP contribution is -2.54. The number of ether oxygens (including phenoxy) is 1. The number of carboxylic acid groups (broad SMARTS) is 1. The first-order valence-corrected chi connectivity index (χ1v) is 6.80. The van der Waals surface area contributed by atoms with Crippen molar-refractivity contribution in [3.05, 3.63) is 0 Å². The number of hydrogen-bond acceptors (Lipinski definition) is 3. The Hall–Kier alpha value is -1.30. The van der Waals surface area contributed by atoms with E-state index in [9.17, 15) is 9.59 Å². The fourth-order valence-electron chi connectivity index (χ4n) is 2.24. The van der Waals surface area contributed by atoms with Crippen LogP contribution >= 0.6 is 0 Å². The summed E-state index contributed by atoms with van der Waals surface area (Å²) in [4.78, 5) is 26.5. The number of carbonyl (C=O) groups excluding carboxylic acids is 1. The lowest BCUT2D eigenvalue weighted by atomic mass is 10.1. The molecule has 1 N–H and O–H groups in total. The van der Waals surface area contributed by atoms with Crippen molar-refractivity contribution in [2.45, 2.75) is 33.2 Å². The van der Waals surface area contributed by atoms with Crippen LogP contribution in [0.2, 0.25) is 0 Å². The van der Waals surface area contributed by atoms with Gasteiger partial charge in [0.05, 0.1) is 19.3 Å². The second kappa shape index (κ2) is 7.33. The molecular weight excluding hydrogens is 248 g/mol. The smallest absolute Gasteiger partial charge is 0.323 e. The molecule has 1 unspecified atom stereocenters. The van der Waals surface area contributed by atoms with E-state index in [4.69, 9.17) is 9.84 Å². The highest BCUT2D eigenvalue weighted by atomic mass is 16.5. The first-order valence-electron chi connectivity index (χ1n) is 6.80. The number of morpholine rings is 1. The molecule has 1 saturated heterocycles. The Balaban J connectivity index is 2.75. The third-order valence-corrected chi connectivity index (χ3v) is 3.13. The van der Waals surface area contributed by atoms with Gasteiger partial charge in [-0.15, -0.1) is 0 Å². The van der Waals surface area contributed by atoms with Crippen molar-refractivity contribution < 1.29 is 19.4 Å². The molecule has 2 amide bonds. The van der Waals surface area contributed by atoms with E-state index < -0.39 is 5.97 Å². The molecule has 6 nitrogen and oxygen atoms in total. The van der Waals surface area contributed by atoms with Gasteiger partial charge in [0.1, 0.15) is 6.54 Å². The van der Waals surface area contributed by atoms with Gasteiger partial charge in [0, 0.05) is 13.1 Å². The van der Waals surface area contributed by atoms with Crippen LogP contribution < -0.4 is 0 Å². The number of carboxylic acids is 1. The number of amides is 2. The molecule has 110 valence electrons.